The first-order chi connectivity index (χ1) is 7.54. The average molecular weight is 227 g/mol. The lowest BCUT2D eigenvalue weighted by Crippen LogP contribution is -2.30. The molecule has 0 radical (unpaired) electrons. The van der Waals surface area contributed by atoms with E-state index in [1.807, 2.05) is 0 Å². The summed E-state index contributed by atoms with van der Waals surface area (Å²) >= 11 is 0. The molecule has 0 fully saturated rings. The zero-order chi connectivity index (χ0) is 12.1. The van der Waals surface area contributed by atoms with Crippen LogP contribution in [0.2, 0.25) is 0 Å². The van der Waals surface area contributed by atoms with Crippen molar-refractivity contribution in [2.24, 2.45) is 5.92 Å². The van der Waals surface area contributed by atoms with E-state index in [2.05, 4.69) is 5.32 Å². The Bertz CT molecular complexity index is 381. The molecule has 1 rings (SSSR count). The van der Waals surface area contributed by atoms with E-state index < -0.39 is 11.7 Å². The van der Waals surface area contributed by atoms with Gasteiger partial charge in [0.25, 0.3) is 5.91 Å². The highest BCUT2D eigenvalue weighted by molar-refractivity contribution is 5.94. The first-order valence-electron chi connectivity index (χ1n) is 4.92. The first-order valence-corrected chi connectivity index (χ1v) is 4.92. The van der Waals surface area contributed by atoms with Gasteiger partial charge in [-0.3, -0.25) is 4.79 Å². The highest BCUT2D eigenvalue weighted by atomic mass is 19.1. The Morgan fingerprint density at radius 2 is 2.25 bits per heavy atom. The van der Waals surface area contributed by atoms with Crippen molar-refractivity contribution in [2.75, 3.05) is 13.2 Å². The lowest BCUT2D eigenvalue weighted by molar-refractivity contribution is 0.0938. The third-order valence-electron chi connectivity index (χ3n) is 2.12. The van der Waals surface area contributed by atoms with Crippen LogP contribution in [-0.2, 0) is 0 Å². The van der Waals surface area contributed by atoms with Crippen LogP contribution in [0.15, 0.2) is 18.2 Å². The van der Waals surface area contributed by atoms with Crippen molar-refractivity contribution in [1.82, 2.24) is 5.32 Å². The van der Waals surface area contributed by atoms with E-state index in [1.165, 1.54) is 12.1 Å². The minimum atomic E-state index is -0.769. The number of carbonyl (C=O) groups excluding carboxylic acids is 1. The molecule has 0 saturated carbocycles. The predicted molar refractivity (Wildman–Crippen MR) is 56.6 cm³/mol. The van der Waals surface area contributed by atoms with Crippen molar-refractivity contribution < 1.29 is 19.4 Å². The minimum absolute atomic E-state index is 0.0433. The molecule has 0 spiro atoms. The Kier molecular flexibility index (Phi) is 4.25. The molecule has 0 aliphatic carbocycles. The summed E-state index contributed by atoms with van der Waals surface area (Å²) in [6.45, 7) is 1.99. The number of aliphatic hydroxyl groups is 1. The van der Waals surface area contributed by atoms with Gasteiger partial charge in [0, 0.05) is 19.2 Å². The minimum Gasteiger partial charge on any atom is -0.508 e. The van der Waals surface area contributed by atoms with E-state index >= 15 is 0 Å². The van der Waals surface area contributed by atoms with Crippen LogP contribution in [0, 0.1) is 11.7 Å². The molecule has 3 N–H and O–H groups in total. The lowest BCUT2D eigenvalue weighted by Gasteiger charge is -2.10. The average Bonchev–Trinajstić information content (AvgIpc) is 2.25. The van der Waals surface area contributed by atoms with Crippen LogP contribution < -0.4 is 5.32 Å². The van der Waals surface area contributed by atoms with Crippen LogP contribution in [0.5, 0.6) is 5.75 Å². The predicted octanol–water partition coefficient (Wildman–Crippen LogP) is 0.889. The van der Waals surface area contributed by atoms with Gasteiger partial charge in [0.05, 0.1) is 5.56 Å². The maximum Gasteiger partial charge on any atom is 0.254 e. The fraction of sp³-hybridized carbons (Fsp3) is 0.364. The molecule has 1 aromatic rings. The van der Waals surface area contributed by atoms with E-state index in [4.69, 9.17) is 10.2 Å². The zero-order valence-electron chi connectivity index (χ0n) is 8.90. The smallest absolute Gasteiger partial charge is 0.254 e. The van der Waals surface area contributed by atoms with Crippen molar-refractivity contribution in [3.8, 4) is 5.75 Å². The van der Waals surface area contributed by atoms with Gasteiger partial charge >= 0.3 is 0 Å². The van der Waals surface area contributed by atoms with Gasteiger partial charge in [-0.25, -0.2) is 4.39 Å². The van der Waals surface area contributed by atoms with E-state index in [0.717, 1.165) is 6.07 Å². The van der Waals surface area contributed by atoms with E-state index in [1.54, 1.807) is 6.92 Å². The number of amides is 1. The number of nitrogens with one attached hydrogen (secondary N) is 1. The third kappa shape index (κ3) is 3.20. The summed E-state index contributed by atoms with van der Waals surface area (Å²) in [4.78, 5) is 11.5. The summed E-state index contributed by atoms with van der Waals surface area (Å²) < 4.78 is 13.2. The number of hydrogen-bond acceptors (Lipinski definition) is 3. The molecule has 1 amide bonds. The van der Waals surface area contributed by atoms with Crippen LogP contribution >= 0.6 is 0 Å². The summed E-state index contributed by atoms with van der Waals surface area (Å²) in [5.74, 6) is -1.63. The number of aliphatic hydroxyl groups excluding tert-OH is 1. The molecular weight excluding hydrogens is 213 g/mol. The second-order valence-electron chi connectivity index (χ2n) is 3.66. The molecule has 0 saturated heterocycles. The van der Waals surface area contributed by atoms with Crippen molar-refractivity contribution in [2.45, 2.75) is 6.92 Å². The summed E-state index contributed by atoms with van der Waals surface area (Å²) in [5, 5.41) is 20.2. The Labute approximate surface area is 92.7 Å². The van der Waals surface area contributed by atoms with Crippen LogP contribution in [-0.4, -0.2) is 29.3 Å². The quantitative estimate of drug-likeness (QED) is 0.715. The van der Waals surface area contributed by atoms with Gasteiger partial charge in [0.15, 0.2) is 0 Å². The number of carbonyl (C=O) groups is 1. The van der Waals surface area contributed by atoms with Crippen LogP contribution in [0.3, 0.4) is 0 Å². The molecule has 1 aromatic carbocycles. The van der Waals surface area contributed by atoms with Gasteiger partial charge in [-0.15, -0.1) is 0 Å². The molecule has 0 aliphatic heterocycles. The molecule has 88 valence electrons. The Morgan fingerprint density at radius 1 is 1.56 bits per heavy atom. The summed E-state index contributed by atoms with van der Waals surface area (Å²) in [5.41, 5.74) is -0.122. The maximum absolute atomic E-state index is 13.2. The molecule has 1 atom stereocenters. The molecule has 4 nitrogen and oxygen atoms in total. The molecule has 0 aromatic heterocycles. The largest absolute Gasteiger partial charge is 0.508 e. The topological polar surface area (TPSA) is 69.6 Å². The Balaban J connectivity index is 2.66. The van der Waals surface area contributed by atoms with Crippen molar-refractivity contribution in [1.29, 1.82) is 0 Å². The lowest BCUT2D eigenvalue weighted by atomic mass is 10.1. The zero-order valence-corrected chi connectivity index (χ0v) is 8.90. The highest BCUT2D eigenvalue weighted by Gasteiger charge is 2.12. The monoisotopic (exact) mass is 227 g/mol. The van der Waals surface area contributed by atoms with E-state index in [9.17, 15) is 9.18 Å². The van der Waals surface area contributed by atoms with Gasteiger partial charge in [-0.1, -0.05) is 6.92 Å². The summed E-state index contributed by atoms with van der Waals surface area (Å²) in [6.07, 6.45) is 0. The van der Waals surface area contributed by atoms with Crippen LogP contribution in [0.25, 0.3) is 0 Å². The number of halogens is 1. The number of phenolic OH excluding ortho intramolecular Hbond substituents is 1. The van der Waals surface area contributed by atoms with Gasteiger partial charge in [0.1, 0.15) is 11.6 Å². The molecule has 0 bridgehead atoms. The molecule has 0 heterocycles. The highest BCUT2D eigenvalue weighted by Crippen LogP contribution is 2.14. The molecule has 5 heteroatoms. The number of hydrogen-bond donors (Lipinski definition) is 3. The van der Waals surface area contributed by atoms with E-state index in [-0.39, 0.29) is 30.4 Å². The fourth-order valence-electron chi connectivity index (χ4n) is 1.11. The molecular formula is C11H14FNO3. The summed E-state index contributed by atoms with van der Waals surface area (Å²) in [7, 11) is 0. The molecule has 1 unspecified atom stereocenters. The van der Waals surface area contributed by atoms with Gasteiger partial charge in [-0.2, -0.15) is 0 Å². The maximum atomic E-state index is 13.2. The van der Waals surface area contributed by atoms with Crippen LogP contribution in [0.4, 0.5) is 4.39 Å². The van der Waals surface area contributed by atoms with Crippen molar-refractivity contribution in [3.63, 3.8) is 0 Å². The van der Waals surface area contributed by atoms with Crippen LogP contribution in [0.1, 0.15) is 17.3 Å². The number of aromatic hydroxyl groups is 1. The third-order valence-corrected chi connectivity index (χ3v) is 2.12. The van der Waals surface area contributed by atoms with Gasteiger partial charge in [-0.05, 0) is 18.1 Å². The number of benzene rings is 1. The van der Waals surface area contributed by atoms with Crippen molar-refractivity contribution in [3.05, 3.63) is 29.6 Å². The second-order valence-corrected chi connectivity index (χ2v) is 3.66. The normalized spacial score (nSPS) is 12.2. The molecule has 0 aliphatic rings. The fourth-order valence-corrected chi connectivity index (χ4v) is 1.11. The van der Waals surface area contributed by atoms with E-state index in [0.29, 0.717) is 0 Å². The Morgan fingerprint density at radius 3 is 2.81 bits per heavy atom. The summed E-state index contributed by atoms with van der Waals surface area (Å²) in [6, 6.07) is 3.33. The standard InChI is InChI=1S/C11H14FNO3/c1-7(6-14)5-13-11(16)9-3-2-8(15)4-10(9)12/h2-4,7,14-15H,5-6H2,1H3,(H,13,16). The first kappa shape index (κ1) is 12.4. The van der Waals surface area contributed by atoms with Crippen molar-refractivity contribution >= 4 is 5.91 Å². The second kappa shape index (κ2) is 5.46. The van der Waals surface area contributed by atoms with Gasteiger partial charge in [0.2, 0.25) is 0 Å². The van der Waals surface area contributed by atoms with Gasteiger partial charge < -0.3 is 15.5 Å². The Hall–Kier alpha value is -1.62. The number of rotatable bonds is 4. The molecule has 16 heavy (non-hydrogen) atoms. The number of phenols is 1. The SMILES string of the molecule is CC(CO)CNC(=O)c1ccc(O)cc1F.